The molecule has 0 spiro atoms. The molecule has 1 unspecified atom stereocenters. The highest BCUT2D eigenvalue weighted by Gasteiger charge is 2.20. The van der Waals surface area contributed by atoms with Crippen LogP contribution < -0.4 is 10.5 Å². The van der Waals surface area contributed by atoms with E-state index in [0.717, 1.165) is 0 Å². The molecule has 7 heteroatoms. The van der Waals surface area contributed by atoms with Crippen LogP contribution >= 0.6 is 0 Å². The van der Waals surface area contributed by atoms with Crippen LogP contribution in [0.4, 0.5) is 4.39 Å². The first-order valence-electron chi connectivity index (χ1n) is 5.51. The summed E-state index contributed by atoms with van der Waals surface area (Å²) in [6.45, 7) is 5.58. The Balaban J connectivity index is 0.00000137. The van der Waals surface area contributed by atoms with Crippen molar-refractivity contribution in [2.45, 2.75) is 33.2 Å². The van der Waals surface area contributed by atoms with E-state index in [1.54, 1.807) is 6.92 Å². The topological polar surface area (TPSA) is 98.3 Å². The van der Waals surface area contributed by atoms with Gasteiger partial charge < -0.3 is 15.6 Å². The first kappa shape index (κ1) is 16.2. The highest BCUT2D eigenvalue weighted by Crippen LogP contribution is 2.23. The fraction of sp³-hybridized carbons (Fsp3) is 0.545. The summed E-state index contributed by atoms with van der Waals surface area (Å²) >= 11 is 0. The van der Waals surface area contributed by atoms with Gasteiger partial charge in [0.2, 0.25) is 0 Å². The number of halogens is 1. The zero-order valence-corrected chi connectivity index (χ0v) is 10.9. The van der Waals surface area contributed by atoms with E-state index in [1.807, 2.05) is 13.8 Å². The quantitative estimate of drug-likeness (QED) is 0.834. The van der Waals surface area contributed by atoms with E-state index in [2.05, 4.69) is 10.2 Å². The molecular formula is C11H18FN3O3. The molecule has 0 saturated heterocycles. The molecule has 102 valence electrons. The highest BCUT2D eigenvalue weighted by atomic mass is 19.1. The molecule has 0 aliphatic rings. The number of carbonyl (C=O) groups is 1. The summed E-state index contributed by atoms with van der Waals surface area (Å²) in [5.41, 5.74) is 6.09. The summed E-state index contributed by atoms with van der Waals surface area (Å²) < 4.78 is 18.0. The van der Waals surface area contributed by atoms with Crippen LogP contribution in [-0.4, -0.2) is 34.4 Å². The SMILES string of the molecule is CC.COc1c(F)nnc(C)c1CC(N)C(=O)O. The summed E-state index contributed by atoms with van der Waals surface area (Å²) in [6.07, 6.45) is -0.0587. The maximum Gasteiger partial charge on any atom is 0.320 e. The minimum absolute atomic E-state index is 0.0587. The standard InChI is InChI=1S/C9H12FN3O3.C2H6/c1-4-5(3-6(11)9(14)15)7(16-2)8(10)13-12-4;1-2/h6H,3,11H2,1-2H3,(H,14,15);1-2H3. The minimum atomic E-state index is -1.17. The predicted molar refractivity (Wildman–Crippen MR) is 63.9 cm³/mol. The van der Waals surface area contributed by atoms with Crippen LogP contribution in [0, 0.1) is 12.9 Å². The Kier molecular flexibility index (Phi) is 6.81. The van der Waals surface area contributed by atoms with Gasteiger partial charge in [-0.15, -0.1) is 5.10 Å². The van der Waals surface area contributed by atoms with Crippen molar-refractivity contribution >= 4 is 5.97 Å². The number of hydrogen-bond donors (Lipinski definition) is 2. The van der Waals surface area contributed by atoms with Gasteiger partial charge in [0.05, 0.1) is 12.8 Å². The van der Waals surface area contributed by atoms with E-state index in [4.69, 9.17) is 15.6 Å². The Bertz CT molecular complexity index is 413. The molecule has 0 aromatic carbocycles. The summed E-state index contributed by atoms with van der Waals surface area (Å²) in [4.78, 5) is 10.6. The van der Waals surface area contributed by atoms with Gasteiger partial charge in [-0.05, 0) is 6.92 Å². The summed E-state index contributed by atoms with van der Waals surface area (Å²) in [5.74, 6) is -2.15. The van der Waals surface area contributed by atoms with Crippen LogP contribution in [0.25, 0.3) is 0 Å². The summed E-state index contributed by atoms with van der Waals surface area (Å²) in [5, 5.41) is 15.5. The normalized spacial score (nSPS) is 11.2. The number of nitrogens with two attached hydrogens (primary N) is 1. The van der Waals surface area contributed by atoms with Crippen molar-refractivity contribution in [2.75, 3.05) is 7.11 Å². The van der Waals surface area contributed by atoms with E-state index in [0.29, 0.717) is 11.3 Å². The average Bonchev–Trinajstić information content (AvgIpc) is 2.36. The molecule has 1 atom stereocenters. The van der Waals surface area contributed by atoms with Gasteiger partial charge in [0.15, 0.2) is 5.75 Å². The van der Waals surface area contributed by atoms with Crippen LogP contribution in [0.3, 0.4) is 0 Å². The van der Waals surface area contributed by atoms with Crippen LogP contribution in [0.5, 0.6) is 5.75 Å². The van der Waals surface area contributed by atoms with Crippen LogP contribution in [0.1, 0.15) is 25.1 Å². The molecule has 0 bridgehead atoms. The molecule has 6 nitrogen and oxygen atoms in total. The average molecular weight is 259 g/mol. The highest BCUT2D eigenvalue weighted by molar-refractivity contribution is 5.73. The van der Waals surface area contributed by atoms with E-state index in [9.17, 15) is 9.18 Å². The number of ether oxygens (including phenoxy) is 1. The molecule has 1 aromatic heterocycles. The lowest BCUT2D eigenvalue weighted by Gasteiger charge is -2.12. The summed E-state index contributed by atoms with van der Waals surface area (Å²) in [6, 6.07) is -1.13. The van der Waals surface area contributed by atoms with Crippen molar-refractivity contribution in [1.82, 2.24) is 10.2 Å². The minimum Gasteiger partial charge on any atom is -0.492 e. The monoisotopic (exact) mass is 259 g/mol. The van der Waals surface area contributed by atoms with Gasteiger partial charge in [-0.25, -0.2) is 0 Å². The van der Waals surface area contributed by atoms with E-state index < -0.39 is 18.0 Å². The van der Waals surface area contributed by atoms with Gasteiger partial charge in [0.1, 0.15) is 6.04 Å². The fourth-order valence-electron chi connectivity index (χ4n) is 1.27. The van der Waals surface area contributed by atoms with Gasteiger partial charge >= 0.3 is 5.97 Å². The van der Waals surface area contributed by atoms with Crippen LogP contribution in [-0.2, 0) is 11.2 Å². The smallest absolute Gasteiger partial charge is 0.320 e. The summed E-state index contributed by atoms with van der Waals surface area (Å²) in [7, 11) is 1.27. The second kappa shape index (κ2) is 7.54. The van der Waals surface area contributed by atoms with Crippen LogP contribution in [0.2, 0.25) is 0 Å². The lowest BCUT2D eigenvalue weighted by Crippen LogP contribution is -2.32. The van der Waals surface area contributed by atoms with E-state index in [1.165, 1.54) is 7.11 Å². The van der Waals surface area contributed by atoms with Gasteiger partial charge in [-0.3, -0.25) is 4.79 Å². The molecule has 1 heterocycles. The van der Waals surface area contributed by atoms with Gasteiger partial charge in [-0.1, -0.05) is 13.8 Å². The van der Waals surface area contributed by atoms with Gasteiger partial charge in [0.25, 0.3) is 5.95 Å². The number of carboxylic acids is 1. The molecule has 1 rings (SSSR count). The third-order valence-electron chi connectivity index (χ3n) is 2.13. The van der Waals surface area contributed by atoms with Crippen molar-refractivity contribution in [1.29, 1.82) is 0 Å². The zero-order valence-electron chi connectivity index (χ0n) is 10.9. The lowest BCUT2D eigenvalue weighted by molar-refractivity contribution is -0.138. The van der Waals surface area contributed by atoms with E-state index >= 15 is 0 Å². The number of aryl methyl sites for hydroxylation is 1. The molecule has 0 radical (unpaired) electrons. The molecule has 18 heavy (non-hydrogen) atoms. The third-order valence-corrected chi connectivity index (χ3v) is 2.13. The van der Waals surface area contributed by atoms with Crippen molar-refractivity contribution in [3.05, 3.63) is 17.2 Å². The number of rotatable bonds is 4. The third kappa shape index (κ3) is 3.92. The Labute approximate surface area is 105 Å². The number of carboxylic acid groups (broad SMARTS) is 1. The van der Waals surface area contributed by atoms with Crippen molar-refractivity contribution in [2.24, 2.45) is 5.73 Å². The molecule has 3 N–H and O–H groups in total. The fourth-order valence-corrected chi connectivity index (χ4v) is 1.27. The molecule has 0 fully saturated rings. The maximum absolute atomic E-state index is 13.2. The second-order valence-corrected chi connectivity index (χ2v) is 3.24. The zero-order chi connectivity index (χ0) is 14.3. The first-order valence-corrected chi connectivity index (χ1v) is 5.51. The molecule has 0 amide bonds. The lowest BCUT2D eigenvalue weighted by atomic mass is 10.1. The van der Waals surface area contributed by atoms with Crippen molar-refractivity contribution in [3.8, 4) is 5.75 Å². The van der Waals surface area contributed by atoms with Crippen molar-refractivity contribution < 1.29 is 19.0 Å². The Morgan fingerprint density at radius 3 is 2.50 bits per heavy atom. The molecule has 0 aliphatic carbocycles. The molecular weight excluding hydrogens is 241 g/mol. The first-order chi connectivity index (χ1) is 8.47. The Hall–Kier alpha value is -1.76. The largest absolute Gasteiger partial charge is 0.492 e. The van der Waals surface area contributed by atoms with Crippen molar-refractivity contribution in [3.63, 3.8) is 0 Å². The number of methoxy groups -OCH3 is 1. The molecule has 0 aliphatic heterocycles. The number of aromatic nitrogens is 2. The molecule has 0 saturated carbocycles. The van der Waals surface area contributed by atoms with Gasteiger partial charge in [0, 0.05) is 12.0 Å². The number of nitrogens with zero attached hydrogens (tertiary/aromatic N) is 2. The maximum atomic E-state index is 13.2. The van der Waals surface area contributed by atoms with Crippen LogP contribution in [0.15, 0.2) is 0 Å². The Morgan fingerprint density at radius 2 is 2.06 bits per heavy atom. The number of aliphatic carboxylic acids is 1. The van der Waals surface area contributed by atoms with Gasteiger partial charge in [-0.2, -0.15) is 9.49 Å². The number of hydrogen-bond acceptors (Lipinski definition) is 5. The van der Waals surface area contributed by atoms with E-state index in [-0.39, 0.29) is 12.2 Å². The second-order valence-electron chi connectivity index (χ2n) is 3.24. The predicted octanol–water partition coefficient (Wildman–Crippen LogP) is 0.913. The Morgan fingerprint density at radius 1 is 1.50 bits per heavy atom. The molecule has 1 aromatic rings.